The molecule has 0 bridgehead atoms. The van der Waals surface area contributed by atoms with Crippen LogP contribution >= 0.6 is 0 Å². The second-order valence-corrected chi connectivity index (χ2v) is 13.7. The van der Waals surface area contributed by atoms with E-state index in [9.17, 15) is 19.5 Å². The van der Waals surface area contributed by atoms with Gasteiger partial charge in [0.25, 0.3) is 5.91 Å². The van der Waals surface area contributed by atoms with Crippen LogP contribution in [0.3, 0.4) is 0 Å². The first-order valence-corrected chi connectivity index (χ1v) is 17.4. The van der Waals surface area contributed by atoms with Crippen molar-refractivity contribution in [1.29, 1.82) is 0 Å². The number of fused-ring (bicyclic) bond motifs is 1. The van der Waals surface area contributed by atoms with Gasteiger partial charge in [-0.15, -0.1) is 0 Å². The highest BCUT2D eigenvalue weighted by atomic mass is 16.6. The molecule has 2 atom stereocenters. The highest BCUT2D eigenvalue weighted by Gasteiger charge is 2.38. The van der Waals surface area contributed by atoms with Crippen molar-refractivity contribution in [3.63, 3.8) is 0 Å². The second-order valence-electron chi connectivity index (χ2n) is 13.7. The molecule has 3 rings (SSSR count). The first-order valence-electron chi connectivity index (χ1n) is 17.4. The molecule has 2 N–H and O–H groups in total. The molecule has 0 aliphatic heterocycles. The first kappa shape index (κ1) is 38.7. The number of nitrogens with one attached hydrogen (secondary N) is 1. The monoisotopic (exact) mass is 660 g/mol. The Morgan fingerprint density at radius 3 is 2.10 bits per heavy atom. The van der Waals surface area contributed by atoms with Crippen LogP contribution in [0.2, 0.25) is 0 Å². The zero-order valence-electron chi connectivity index (χ0n) is 29.8. The van der Waals surface area contributed by atoms with Crippen LogP contribution in [-0.2, 0) is 36.7 Å². The molecule has 8 heteroatoms. The Kier molecular flexibility index (Phi) is 15.6. The lowest BCUT2D eigenvalue weighted by molar-refractivity contribution is -0.179. The molecule has 8 nitrogen and oxygen atoms in total. The standard InChI is InChI=1S/C40H56N2O6/c1-29-19-20-31(27-30(29)2)15-10-8-14-26-47-37(36(44)39(46)48-40(3,4)5)38(45)42(25-23-35(43)41-6)24-13-7-9-16-32-21-22-33-17-11-12-18-34(33)28-32/h11-12,17-22,27-28,36-37,44H,7-10,13-16,23-26H2,1-6H3,(H,41,43)/t36-,37-/m1/s1. The number of carbonyl (C=O) groups excluding carboxylic acids is 3. The number of esters is 1. The van der Waals surface area contributed by atoms with Gasteiger partial charge in [-0.05, 0) is 106 Å². The molecular formula is C40H56N2O6. The quantitative estimate of drug-likeness (QED) is 0.110. The number of carbonyl (C=O) groups is 3. The molecule has 0 radical (unpaired) electrons. The minimum absolute atomic E-state index is 0.104. The normalized spacial score (nSPS) is 12.8. The van der Waals surface area contributed by atoms with Crippen LogP contribution in [0, 0.1) is 13.8 Å². The van der Waals surface area contributed by atoms with Crippen LogP contribution in [0.4, 0.5) is 0 Å². The lowest BCUT2D eigenvalue weighted by Crippen LogP contribution is -2.51. The van der Waals surface area contributed by atoms with Crippen LogP contribution in [0.5, 0.6) is 0 Å². The van der Waals surface area contributed by atoms with E-state index in [0.29, 0.717) is 19.4 Å². The fourth-order valence-electron chi connectivity index (χ4n) is 5.64. The van der Waals surface area contributed by atoms with Crippen molar-refractivity contribution in [3.8, 4) is 0 Å². The van der Waals surface area contributed by atoms with Crippen molar-refractivity contribution < 1.29 is 29.0 Å². The summed E-state index contributed by atoms with van der Waals surface area (Å²) in [6.07, 6.45) is 3.77. The molecule has 262 valence electrons. The van der Waals surface area contributed by atoms with Crippen molar-refractivity contribution in [2.75, 3.05) is 26.7 Å². The van der Waals surface area contributed by atoms with Gasteiger partial charge in [-0.25, -0.2) is 4.79 Å². The van der Waals surface area contributed by atoms with Gasteiger partial charge >= 0.3 is 5.97 Å². The number of aliphatic hydroxyl groups excluding tert-OH is 1. The lowest BCUT2D eigenvalue weighted by atomic mass is 10.0. The summed E-state index contributed by atoms with van der Waals surface area (Å²) in [4.78, 5) is 40.5. The van der Waals surface area contributed by atoms with Gasteiger partial charge in [0.1, 0.15) is 5.60 Å². The van der Waals surface area contributed by atoms with Gasteiger partial charge in [0, 0.05) is 33.2 Å². The van der Waals surface area contributed by atoms with Gasteiger partial charge in [0.05, 0.1) is 0 Å². The summed E-state index contributed by atoms with van der Waals surface area (Å²) in [6, 6.07) is 21.3. The predicted molar refractivity (Wildman–Crippen MR) is 192 cm³/mol. The van der Waals surface area contributed by atoms with Gasteiger partial charge in [-0.1, -0.05) is 73.5 Å². The second kappa shape index (κ2) is 19.3. The molecule has 0 fully saturated rings. The Balaban J connectivity index is 1.60. The summed E-state index contributed by atoms with van der Waals surface area (Å²) in [5.41, 5.74) is 4.26. The van der Waals surface area contributed by atoms with E-state index in [2.05, 4.69) is 67.7 Å². The maximum Gasteiger partial charge on any atom is 0.338 e. The van der Waals surface area contributed by atoms with Crippen molar-refractivity contribution >= 4 is 28.6 Å². The van der Waals surface area contributed by atoms with Crippen molar-refractivity contribution in [1.82, 2.24) is 10.2 Å². The molecule has 0 spiro atoms. The van der Waals surface area contributed by atoms with E-state index >= 15 is 0 Å². The van der Waals surface area contributed by atoms with Crippen molar-refractivity contribution in [2.45, 2.75) is 110 Å². The lowest BCUT2D eigenvalue weighted by Gasteiger charge is -2.30. The van der Waals surface area contributed by atoms with Crippen LogP contribution in [0.15, 0.2) is 60.7 Å². The molecule has 0 aromatic heterocycles. The number of aliphatic hydroxyl groups is 1. The predicted octanol–water partition coefficient (Wildman–Crippen LogP) is 6.63. The number of ether oxygens (including phenoxy) is 2. The van der Waals surface area contributed by atoms with E-state index in [1.165, 1.54) is 33.0 Å². The smallest absolute Gasteiger partial charge is 0.338 e. The maximum absolute atomic E-state index is 13.9. The number of nitrogens with zero attached hydrogens (tertiary/aromatic N) is 1. The summed E-state index contributed by atoms with van der Waals surface area (Å²) in [6.45, 7) is 10.1. The molecule has 3 aromatic rings. The molecule has 0 heterocycles. The van der Waals surface area contributed by atoms with Crippen LogP contribution in [0.25, 0.3) is 10.8 Å². The number of benzene rings is 3. The summed E-state index contributed by atoms with van der Waals surface area (Å²) < 4.78 is 11.4. The molecule has 3 aromatic carbocycles. The van der Waals surface area contributed by atoms with Gasteiger partial charge in [0.15, 0.2) is 12.2 Å². The zero-order chi connectivity index (χ0) is 35.1. The Morgan fingerprint density at radius 2 is 1.44 bits per heavy atom. The SMILES string of the molecule is CNC(=O)CCN(CCCCCc1ccc2ccccc2c1)C(=O)[C@H](OCCCCCc1ccc(C)c(C)c1)[C@@H](O)C(=O)OC(C)(C)C. The summed E-state index contributed by atoms with van der Waals surface area (Å²) >= 11 is 0. The average Bonchev–Trinajstić information content (AvgIpc) is 3.05. The minimum atomic E-state index is -1.79. The number of hydrogen-bond donors (Lipinski definition) is 2. The fraction of sp³-hybridized carbons (Fsp3) is 0.525. The molecule has 2 amide bonds. The number of hydrogen-bond acceptors (Lipinski definition) is 6. The molecule has 0 unspecified atom stereocenters. The molecule has 0 saturated heterocycles. The number of amides is 2. The van der Waals surface area contributed by atoms with E-state index in [1.807, 2.05) is 12.1 Å². The Hall–Kier alpha value is -3.75. The highest BCUT2D eigenvalue weighted by molar-refractivity contribution is 5.89. The maximum atomic E-state index is 13.9. The van der Waals surface area contributed by atoms with Crippen molar-refractivity contribution in [3.05, 3.63) is 82.9 Å². The number of unbranched alkanes of at least 4 members (excludes halogenated alkanes) is 4. The Bertz CT molecular complexity index is 1480. The van der Waals surface area contributed by atoms with Crippen LogP contribution in [-0.4, -0.2) is 72.3 Å². The van der Waals surface area contributed by atoms with E-state index in [4.69, 9.17) is 9.47 Å². The van der Waals surface area contributed by atoms with Crippen LogP contribution in [0.1, 0.15) is 88.0 Å². The van der Waals surface area contributed by atoms with E-state index in [1.54, 1.807) is 32.7 Å². The number of rotatable bonds is 19. The molecule has 48 heavy (non-hydrogen) atoms. The number of aryl methyl sites for hydroxylation is 4. The van der Waals surface area contributed by atoms with Crippen LogP contribution < -0.4 is 5.32 Å². The first-order chi connectivity index (χ1) is 22.9. The fourth-order valence-corrected chi connectivity index (χ4v) is 5.64. The third kappa shape index (κ3) is 13.0. The highest BCUT2D eigenvalue weighted by Crippen LogP contribution is 2.19. The topological polar surface area (TPSA) is 105 Å². The van der Waals surface area contributed by atoms with Crippen molar-refractivity contribution in [2.24, 2.45) is 0 Å². The van der Waals surface area contributed by atoms with E-state index in [-0.39, 0.29) is 25.5 Å². The molecule has 0 saturated carbocycles. The average molecular weight is 661 g/mol. The zero-order valence-corrected chi connectivity index (χ0v) is 29.8. The van der Waals surface area contributed by atoms with E-state index < -0.39 is 29.7 Å². The largest absolute Gasteiger partial charge is 0.458 e. The third-order valence-electron chi connectivity index (χ3n) is 8.56. The van der Waals surface area contributed by atoms with Gasteiger partial charge in [0.2, 0.25) is 5.91 Å². The van der Waals surface area contributed by atoms with Gasteiger partial charge in [-0.2, -0.15) is 0 Å². The summed E-state index contributed by atoms with van der Waals surface area (Å²) in [5.74, 6) is -1.61. The summed E-state index contributed by atoms with van der Waals surface area (Å²) in [7, 11) is 1.56. The Labute approximate surface area is 287 Å². The third-order valence-corrected chi connectivity index (χ3v) is 8.56. The van der Waals surface area contributed by atoms with Gasteiger partial charge in [-0.3, -0.25) is 9.59 Å². The van der Waals surface area contributed by atoms with Gasteiger partial charge < -0.3 is 24.8 Å². The minimum Gasteiger partial charge on any atom is -0.458 e. The summed E-state index contributed by atoms with van der Waals surface area (Å²) in [5, 5.41) is 16.1. The molecular weight excluding hydrogens is 604 g/mol. The van der Waals surface area contributed by atoms with E-state index in [0.717, 1.165) is 38.5 Å². The Morgan fingerprint density at radius 1 is 0.792 bits per heavy atom. The molecule has 0 aliphatic carbocycles. The molecule has 0 aliphatic rings.